The van der Waals surface area contributed by atoms with Crippen molar-refractivity contribution in [1.29, 1.82) is 0 Å². The summed E-state index contributed by atoms with van der Waals surface area (Å²) in [6, 6.07) is 8.65. The van der Waals surface area contributed by atoms with Crippen molar-refractivity contribution >= 4 is 38.9 Å². The van der Waals surface area contributed by atoms with Gasteiger partial charge in [-0.3, -0.25) is 0 Å². The number of rotatable bonds is 5. The highest BCUT2D eigenvalue weighted by atomic mass is 79.9. The van der Waals surface area contributed by atoms with Crippen LogP contribution in [-0.4, -0.2) is 6.54 Å². The Labute approximate surface area is 138 Å². The number of aryl methyl sites for hydroxylation is 2. The summed E-state index contributed by atoms with van der Waals surface area (Å²) < 4.78 is 1.16. The topological polar surface area (TPSA) is 12.0 Å². The first kappa shape index (κ1) is 16.0. The molecule has 0 saturated carbocycles. The van der Waals surface area contributed by atoms with Crippen LogP contribution in [0, 0.1) is 13.8 Å². The molecule has 2 aromatic rings. The molecule has 0 spiro atoms. The molecule has 1 aromatic heterocycles. The monoisotopic (exact) mass is 371 g/mol. The SMILES string of the molecule is CCCNC(c1ccc(C)cc1Cl)c1cc(Br)sc1C. The molecule has 108 valence electrons. The molecule has 0 aliphatic carbocycles. The molecule has 0 aliphatic heterocycles. The van der Waals surface area contributed by atoms with Crippen molar-refractivity contribution in [3.63, 3.8) is 0 Å². The van der Waals surface area contributed by atoms with E-state index in [1.54, 1.807) is 11.3 Å². The molecule has 0 radical (unpaired) electrons. The fourth-order valence-electron chi connectivity index (χ4n) is 2.29. The van der Waals surface area contributed by atoms with E-state index in [0.717, 1.165) is 27.3 Å². The summed E-state index contributed by atoms with van der Waals surface area (Å²) in [4.78, 5) is 1.32. The molecule has 1 N–H and O–H groups in total. The lowest BCUT2D eigenvalue weighted by atomic mass is 9.98. The fraction of sp³-hybridized carbons (Fsp3) is 0.375. The van der Waals surface area contributed by atoms with Crippen LogP contribution in [0.2, 0.25) is 5.02 Å². The first-order valence-corrected chi connectivity index (χ1v) is 8.77. The predicted octanol–water partition coefficient (Wildman–Crippen LogP) is 5.87. The van der Waals surface area contributed by atoms with E-state index in [0.29, 0.717) is 0 Å². The Kier molecular flexibility index (Phi) is 5.67. The third kappa shape index (κ3) is 3.64. The summed E-state index contributed by atoms with van der Waals surface area (Å²) in [6.07, 6.45) is 1.10. The van der Waals surface area contributed by atoms with Crippen molar-refractivity contribution < 1.29 is 0 Å². The summed E-state index contributed by atoms with van der Waals surface area (Å²) in [6.45, 7) is 7.38. The zero-order valence-corrected chi connectivity index (χ0v) is 15.1. The highest BCUT2D eigenvalue weighted by molar-refractivity contribution is 9.11. The molecule has 0 saturated heterocycles. The van der Waals surface area contributed by atoms with Gasteiger partial charge in [-0.1, -0.05) is 30.7 Å². The van der Waals surface area contributed by atoms with Crippen LogP contribution in [0.5, 0.6) is 0 Å². The van der Waals surface area contributed by atoms with Gasteiger partial charge in [-0.05, 0) is 71.6 Å². The smallest absolute Gasteiger partial charge is 0.0704 e. The summed E-state index contributed by atoms with van der Waals surface area (Å²) in [5, 5.41) is 4.45. The van der Waals surface area contributed by atoms with Crippen molar-refractivity contribution in [2.75, 3.05) is 6.54 Å². The number of thiophene rings is 1. The molecular weight excluding hydrogens is 354 g/mol. The fourth-order valence-corrected chi connectivity index (χ4v) is 4.38. The summed E-state index contributed by atoms with van der Waals surface area (Å²) in [7, 11) is 0. The number of halogens is 2. The quantitative estimate of drug-likeness (QED) is 0.692. The first-order valence-electron chi connectivity index (χ1n) is 6.78. The molecule has 4 heteroatoms. The van der Waals surface area contributed by atoms with Crippen molar-refractivity contribution in [3.8, 4) is 0 Å². The number of nitrogens with one attached hydrogen (secondary N) is 1. The predicted molar refractivity (Wildman–Crippen MR) is 93.1 cm³/mol. The van der Waals surface area contributed by atoms with Gasteiger partial charge in [-0.15, -0.1) is 11.3 Å². The van der Waals surface area contributed by atoms with Crippen LogP contribution < -0.4 is 5.32 Å². The minimum Gasteiger partial charge on any atom is -0.306 e. The van der Waals surface area contributed by atoms with Crippen LogP contribution in [0.4, 0.5) is 0 Å². The molecule has 1 nitrogen and oxygen atoms in total. The van der Waals surface area contributed by atoms with Crippen LogP contribution in [0.3, 0.4) is 0 Å². The van der Waals surface area contributed by atoms with Gasteiger partial charge in [0.1, 0.15) is 0 Å². The van der Waals surface area contributed by atoms with E-state index < -0.39 is 0 Å². The molecular formula is C16H19BrClNS. The lowest BCUT2D eigenvalue weighted by Gasteiger charge is -2.21. The molecule has 1 heterocycles. The van der Waals surface area contributed by atoms with Gasteiger partial charge in [0.25, 0.3) is 0 Å². The highest BCUT2D eigenvalue weighted by Gasteiger charge is 2.20. The van der Waals surface area contributed by atoms with Crippen molar-refractivity contribution in [2.45, 2.75) is 33.2 Å². The van der Waals surface area contributed by atoms with Crippen LogP contribution in [0.1, 0.15) is 41.0 Å². The van der Waals surface area contributed by atoms with Crippen LogP contribution >= 0.6 is 38.9 Å². The third-order valence-electron chi connectivity index (χ3n) is 3.30. The first-order chi connectivity index (χ1) is 9.52. The summed E-state index contributed by atoms with van der Waals surface area (Å²) >= 11 is 11.8. The number of hydrogen-bond acceptors (Lipinski definition) is 2. The maximum Gasteiger partial charge on any atom is 0.0704 e. The van der Waals surface area contributed by atoms with Gasteiger partial charge >= 0.3 is 0 Å². The Hall–Kier alpha value is -0.350. The van der Waals surface area contributed by atoms with E-state index in [1.807, 2.05) is 6.07 Å². The minimum atomic E-state index is 0.158. The molecule has 1 atom stereocenters. The second-order valence-corrected chi connectivity index (χ2v) is 8.02. The molecule has 0 bridgehead atoms. The van der Waals surface area contributed by atoms with Gasteiger partial charge in [0.15, 0.2) is 0 Å². The van der Waals surface area contributed by atoms with E-state index in [-0.39, 0.29) is 6.04 Å². The van der Waals surface area contributed by atoms with Crippen LogP contribution in [0.15, 0.2) is 28.1 Å². The third-order valence-corrected chi connectivity index (χ3v) is 5.20. The zero-order valence-electron chi connectivity index (χ0n) is 12.0. The maximum absolute atomic E-state index is 6.46. The van der Waals surface area contributed by atoms with Crippen molar-refractivity contribution in [1.82, 2.24) is 5.32 Å². The Bertz CT molecular complexity index is 594. The van der Waals surface area contributed by atoms with Crippen LogP contribution in [-0.2, 0) is 0 Å². The number of hydrogen-bond donors (Lipinski definition) is 1. The van der Waals surface area contributed by atoms with E-state index >= 15 is 0 Å². The zero-order chi connectivity index (χ0) is 14.7. The lowest BCUT2D eigenvalue weighted by molar-refractivity contribution is 0.598. The average molecular weight is 373 g/mol. The Morgan fingerprint density at radius 1 is 1.25 bits per heavy atom. The molecule has 0 amide bonds. The van der Waals surface area contributed by atoms with Gasteiger partial charge in [-0.25, -0.2) is 0 Å². The minimum absolute atomic E-state index is 0.158. The Morgan fingerprint density at radius 3 is 2.55 bits per heavy atom. The second kappa shape index (κ2) is 7.08. The van der Waals surface area contributed by atoms with E-state index in [4.69, 9.17) is 11.6 Å². The lowest BCUT2D eigenvalue weighted by Crippen LogP contribution is -2.23. The standard InChI is InChI=1S/C16H19BrClNS/c1-4-7-19-16(13-9-15(17)20-11(13)3)12-6-5-10(2)8-14(12)18/h5-6,8-9,16,19H,4,7H2,1-3H3. The van der Waals surface area contributed by atoms with Crippen LogP contribution in [0.25, 0.3) is 0 Å². The van der Waals surface area contributed by atoms with Gasteiger partial charge in [0, 0.05) is 9.90 Å². The molecule has 1 unspecified atom stereocenters. The average Bonchev–Trinajstić information content (AvgIpc) is 2.71. The van der Waals surface area contributed by atoms with Gasteiger partial charge in [0.05, 0.1) is 9.83 Å². The van der Waals surface area contributed by atoms with Crippen molar-refractivity contribution in [3.05, 3.63) is 54.6 Å². The Morgan fingerprint density at radius 2 is 2.00 bits per heavy atom. The van der Waals surface area contributed by atoms with Gasteiger partial charge < -0.3 is 5.32 Å². The number of benzene rings is 1. The summed E-state index contributed by atoms with van der Waals surface area (Å²) in [5.74, 6) is 0. The maximum atomic E-state index is 6.46. The van der Waals surface area contributed by atoms with E-state index in [2.05, 4.69) is 60.2 Å². The van der Waals surface area contributed by atoms with E-state index in [9.17, 15) is 0 Å². The summed E-state index contributed by atoms with van der Waals surface area (Å²) in [5.41, 5.74) is 3.65. The molecule has 1 aromatic carbocycles. The Balaban J connectivity index is 2.44. The normalized spacial score (nSPS) is 12.7. The largest absolute Gasteiger partial charge is 0.306 e. The molecule has 0 fully saturated rings. The van der Waals surface area contributed by atoms with E-state index in [1.165, 1.54) is 16.0 Å². The van der Waals surface area contributed by atoms with Crippen molar-refractivity contribution in [2.24, 2.45) is 0 Å². The molecule has 2 rings (SSSR count). The van der Waals surface area contributed by atoms with Gasteiger partial charge in [-0.2, -0.15) is 0 Å². The second-order valence-electron chi connectivity index (χ2n) is 4.97. The van der Waals surface area contributed by atoms with Gasteiger partial charge in [0.2, 0.25) is 0 Å². The molecule has 0 aliphatic rings. The molecule has 20 heavy (non-hydrogen) atoms. The highest BCUT2D eigenvalue weighted by Crippen LogP contribution is 2.36.